The summed E-state index contributed by atoms with van der Waals surface area (Å²) in [4.78, 5) is 12.2. The molecule has 0 radical (unpaired) electrons. The van der Waals surface area contributed by atoms with Gasteiger partial charge in [-0.2, -0.15) is 0 Å². The summed E-state index contributed by atoms with van der Waals surface area (Å²) in [6.45, 7) is 0. The van der Waals surface area contributed by atoms with Crippen LogP contribution in [-0.4, -0.2) is 19.8 Å². The zero-order valence-electron chi connectivity index (χ0n) is 15.2. The molecular formula is C24H19NO2Si. The van der Waals surface area contributed by atoms with E-state index in [1.807, 2.05) is 54.6 Å². The first-order valence-electron chi connectivity index (χ1n) is 9.12. The molecule has 0 amide bonds. The third-order valence-corrected chi connectivity index (χ3v) is 8.49. The summed E-state index contributed by atoms with van der Waals surface area (Å²) in [7, 11) is -2.94. The lowest BCUT2D eigenvalue weighted by Crippen LogP contribution is -2.68. The minimum atomic E-state index is -2.94. The van der Waals surface area contributed by atoms with E-state index in [4.69, 9.17) is 4.53 Å². The van der Waals surface area contributed by atoms with Crippen molar-refractivity contribution in [2.45, 2.75) is 0 Å². The SMILES string of the molecule is O=C1C=CC=CC1=NO[Si](c1ccccc1)(c1ccccc1)c1ccccc1. The molecule has 136 valence electrons. The van der Waals surface area contributed by atoms with Crippen LogP contribution in [0.25, 0.3) is 0 Å². The van der Waals surface area contributed by atoms with Crippen LogP contribution in [0.4, 0.5) is 0 Å². The molecule has 0 saturated carbocycles. The molecule has 4 heteroatoms. The summed E-state index contributed by atoms with van der Waals surface area (Å²) in [5.74, 6) is -0.153. The molecule has 0 unspecified atom stereocenters. The maximum absolute atomic E-state index is 12.2. The highest BCUT2D eigenvalue weighted by molar-refractivity contribution is 7.07. The zero-order valence-corrected chi connectivity index (χ0v) is 16.2. The number of rotatable bonds is 5. The lowest BCUT2D eigenvalue weighted by molar-refractivity contribution is -0.108. The number of carbonyl (C=O) groups excluding carboxylic acids is 1. The number of benzene rings is 3. The molecule has 3 aromatic rings. The molecule has 0 fully saturated rings. The molecule has 1 aliphatic carbocycles. The Bertz CT molecular complexity index is 945. The summed E-state index contributed by atoms with van der Waals surface area (Å²) in [6, 6.07) is 30.5. The average molecular weight is 382 g/mol. The Morgan fingerprint density at radius 2 is 1.04 bits per heavy atom. The van der Waals surface area contributed by atoms with E-state index in [1.165, 1.54) is 6.08 Å². The van der Waals surface area contributed by atoms with Gasteiger partial charge in [0.1, 0.15) is 5.71 Å². The molecule has 0 aromatic heterocycles. The number of hydrogen-bond acceptors (Lipinski definition) is 3. The minimum absolute atomic E-state index is 0.153. The summed E-state index contributed by atoms with van der Waals surface area (Å²) in [5, 5.41) is 7.56. The molecule has 3 aromatic carbocycles. The number of oxime groups is 1. The quantitative estimate of drug-likeness (QED) is 0.295. The van der Waals surface area contributed by atoms with Gasteiger partial charge in [0, 0.05) is 0 Å². The van der Waals surface area contributed by atoms with Gasteiger partial charge in [0.2, 0.25) is 5.78 Å². The van der Waals surface area contributed by atoms with Crippen LogP contribution >= 0.6 is 0 Å². The Hall–Kier alpha value is -3.50. The number of nitrogens with zero attached hydrogens (tertiary/aromatic N) is 1. The van der Waals surface area contributed by atoms with Crippen LogP contribution in [0.1, 0.15) is 0 Å². The van der Waals surface area contributed by atoms with Gasteiger partial charge in [-0.25, -0.2) is 0 Å². The summed E-state index contributed by atoms with van der Waals surface area (Å²) in [6.07, 6.45) is 6.68. The first-order chi connectivity index (χ1) is 13.8. The second-order valence-corrected chi connectivity index (χ2v) is 9.71. The molecule has 0 bridgehead atoms. The van der Waals surface area contributed by atoms with Crippen molar-refractivity contribution in [1.29, 1.82) is 0 Å². The van der Waals surface area contributed by atoms with Crippen molar-refractivity contribution in [3.8, 4) is 0 Å². The van der Waals surface area contributed by atoms with Crippen LogP contribution in [0.5, 0.6) is 0 Å². The van der Waals surface area contributed by atoms with Crippen LogP contribution in [0, 0.1) is 0 Å². The molecule has 0 N–H and O–H groups in total. The molecule has 1 aliphatic rings. The molecule has 0 aliphatic heterocycles. The molecule has 3 nitrogen and oxygen atoms in total. The average Bonchev–Trinajstić information content (AvgIpc) is 2.78. The van der Waals surface area contributed by atoms with E-state index in [1.54, 1.807) is 18.2 Å². The van der Waals surface area contributed by atoms with Gasteiger partial charge in [-0.3, -0.25) is 4.79 Å². The van der Waals surface area contributed by atoms with Crippen LogP contribution in [0.2, 0.25) is 0 Å². The first kappa shape index (κ1) is 17.9. The first-order valence-corrected chi connectivity index (χ1v) is 11.0. The van der Waals surface area contributed by atoms with Crippen molar-refractivity contribution in [3.05, 3.63) is 115 Å². The van der Waals surface area contributed by atoms with Gasteiger partial charge in [0.15, 0.2) is 0 Å². The van der Waals surface area contributed by atoms with E-state index >= 15 is 0 Å². The standard InChI is InChI=1S/C24H19NO2Si/c26-24-19-11-10-18-23(24)25-27-28(20-12-4-1-5-13-20,21-14-6-2-7-15-21)22-16-8-3-9-17-22/h1-19H. The van der Waals surface area contributed by atoms with E-state index in [0.29, 0.717) is 5.71 Å². The Balaban J connectivity index is 1.93. The second kappa shape index (κ2) is 8.02. The Kier molecular flexibility index (Phi) is 5.13. The molecule has 0 heterocycles. The lowest BCUT2D eigenvalue weighted by Gasteiger charge is -2.30. The zero-order chi connectivity index (χ0) is 19.2. The molecule has 0 spiro atoms. The van der Waals surface area contributed by atoms with E-state index in [0.717, 1.165) is 15.6 Å². The molecule has 0 saturated heterocycles. The highest BCUT2D eigenvalue weighted by Gasteiger charge is 2.45. The Morgan fingerprint density at radius 3 is 1.46 bits per heavy atom. The Labute approximate surface area is 165 Å². The molecule has 28 heavy (non-hydrogen) atoms. The monoisotopic (exact) mass is 381 g/mol. The Morgan fingerprint density at radius 1 is 0.607 bits per heavy atom. The summed E-state index contributed by atoms with van der Waals surface area (Å²) >= 11 is 0. The molecular weight excluding hydrogens is 362 g/mol. The van der Waals surface area contributed by atoms with Gasteiger partial charge in [-0.15, -0.1) is 0 Å². The third kappa shape index (κ3) is 3.38. The van der Waals surface area contributed by atoms with Gasteiger partial charge in [0.25, 0.3) is 0 Å². The van der Waals surface area contributed by atoms with E-state index < -0.39 is 8.32 Å². The fourth-order valence-electron chi connectivity index (χ4n) is 3.33. The van der Waals surface area contributed by atoms with Crippen molar-refractivity contribution in [3.63, 3.8) is 0 Å². The number of allylic oxidation sites excluding steroid dienone is 4. The predicted octanol–water partition coefficient (Wildman–Crippen LogP) is 2.72. The fraction of sp³-hybridized carbons (Fsp3) is 0. The van der Waals surface area contributed by atoms with E-state index in [-0.39, 0.29) is 5.78 Å². The van der Waals surface area contributed by atoms with Crippen molar-refractivity contribution in [2.75, 3.05) is 0 Å². The number of ketones is 1. The van der Waals surface area contributed by atoms with Crippen LogP contribution < -0.4 is 15.6 Å². The van der Waals surface area contributed by atoms with E-state index in [2.05, 4.69) is 41.6 Å². The summed E-state index contributed by atoms with van der Waals surface area (Å²) < 4.78 is 6.42. The van der Waals surface area contributed by atoms with Gasteiger partial charge in [0.05, 0.1) is 0 Å². The van der Waals surface area contributed by atoms with Crippen LogP contribution in [0.3, 0.4) is 0 Å². The maximum atomic E-state index is 12.2. The van der Waals surface area contributed by atoms with Crippen LogP contribution in [0.15, 0.2) is 120 Å². The van der Waals surface area contributed by atoms with Gasteiger partial charge in [-0.1, -0.05) is 108 Å². The fourth-order valence-corrected chi connectivity index (χ4v) is 6.86. The minimum Gasteiger partial charge on any atom is -0.437 e. The van der Waals surface area contributed by atoms with Crippen molar-refractivity contribution < 1.29 is 9.32 Å². The van der Waals surface area contributed by atoms with E-state index in [9.17, 15) is 4.79 Å². The second-order valence-electron chi connectivity index (χ2n) is 6.43. The largest absolute Gasteiger partial charge is 0.437 e. The number of hydrogen-bond donors (Lipinski definition) is 0. The predicted molar refractivity (Wildman–Crippen MR) is 116 cm³/mol. The third-order valence-electron chi connectivity index (χ3n) is 4.69. The highest BCUT2D eigenvalue weighted by Crippen LogP contribution is 2.11. The summed E-state index contributed by atoms with van der Waals surface area (Å²) in [5.41, 5.74) is 0.308. The smallest absolute Gasteiger partial charge is 0.380 e. The lowest BCUT2D eigenvalue weighted by atomic mass is 10.1. The van der Waals surface area contributed by atoms with Crippen LogP contribution in [-0.2, 0) is 9.32 Å². The van der Waals surface area contributed by atoms with Gasteiger partial charge < -0.3 is 4.53 Å². The topological polar surface area (TPSA) is 38.7 Å². The maximum Gasteiger partial charge on any atom is 0.380 e. The van der Waals surface area contributed by atoms with Gasteiger partial charge >= 0.3 is 8.32 Å². The van der Waals surface area contributed by atoms with Crippen molar-refractivity contribution >= 4 is 35.4 Å². The van der Waals surface area contributed by atoms with Gasteiger partial charge in [-0.05, 0) is 27.7 Å². The van der Waals surface area contributed by atoms with Crippen molar-refractivity contribution in [1.82, 2.24) is 0 Å². The molecule has 0 atom stereocenters. The van der Waals surface area contributed by atoms with Crippen molar-refractivity contribution in [2.24, 2.45) is 5.16 Å². The normalized spacial score (nSPS) is 15.0. The highest BCUT2D eigenvalue weighted by atomic mass is 28.4. The molecule has 4 rings (SSSR count). The number of carbonyl (C=O) groups is 1.